The third-order valence-corrected chi connectivity index (χ3v) is 5.15. The molecule has 0 unspecified atom stereocenters. The number of carbonyl (C=O) groups excluding carboxylic acids is 2. The minimum atomic E-state index is -0.298. The molecule has 1 N–H and O–H groups in total. The van der Waals surface area contributed by atoms with Crippen LogP contribution in [0.4, 0.5) is 14.9 Å². The van der Waals surface area contributed by atoms with Crippen molar-refractivity contribution in [3.63, 3.8) is 0 Å². The van der Waals surface area contributed by atoms with Crippen molar-refractivity contribution >= 4 is 28.6 Å². The van der Waals surface area contributed by atoms with Crippen LogP contribution in [0.15, 0.2) is 77.7 Å². The van der Waals surface area contributed by atoms with Gasteiger partial charge in [-0.2, -0.15) is 0 Å². The number of thioether (sulfide) groups is 1. The minimum Gasteiger partial charge on any atom is -0.489 e. The molecule has 30 heavy (non-hydrogen) atoms. The Balaban J connectivity index is 1.59. The highest BCUT2D eigenvalue weighted by Gasteiger charge is 2.10. The number of ether oxygens (including phenoxy) is 1. The molecule has 5 nitrogen and oxygen atoms in total. The number of nitrogens with one attached hydrogen (secondary N) is 1. The number of amides is 2. The third-order valence-electron chi connectivity index (χ3n) is 4.10. The zero-order chi connectivity index (χ0) is 21.5. The molecule has 0 aliphatic heterocycles. The Labute approximate surface area is 178 Å². The van der Waals surface area contributed by atoms with Crippen molar-refractivity contribution in [2.75, 3.05) is 19.4 Å². The molecular formula is C23H21FN2O3S. The molecule has 0 atom stereocenters. The first-order valence-corrected chi connectivity index (χ1v) is 10.0. The van der Waals surface area contributed by atoms with E-state index in [2.05, 4.69) is 5.32 Å². The van der Waals surface area contributed by atoms with Crippen LogP contribution in [0.1, 0.15) is 15.9 Å². The SMILES string of the molecule is CN(C)C(=O)Sc1ccc(NC(=O)c2cccc(OCc3ccc(F)cc3)c2)cc1. The summed E-state index contributed by atoms with van der Waals surface area (Å²) in [4.78, 5) is 26.6. The number of benzene rings is 3. The summed E-state index contributed by atoms with van der Waals surface area (Å²) in [6.45, 7) is 0.274. The van der Waals surface area contributed by atoms with E-state index < -0.39 is 0 Å². The van der Waals surface area contributed by atoms with Gasteiger partial charge in [0.1, 0.15) is 18.2 Å². The first-order valence-electron chi connectivity index (χ1n) is 9.18. The van der Waals surface area contributed by atoms with Crippen molar-refractivity contribution in [3.05, 3.63) is 89.7 Å². The van der Waals surface area contributed by atoms with E-state index in [9.17, 15) is 14.0 Å². The van der Waals surface area contributed by atoms with E-state index in [1.165, 1.54) is 17.0 Å². The summed E-state index contributed by atoms with van der Waals surface area (Å²) in [7, 11) is 3.39. The number of carbonyl (C=O) groups is 2. The first-order chi connectivity index (χ1) is 14.4. The third kappa shape index (κ3) is 6.09. The monoisotopic (exact) mass is 424 g/mol. The van der Waals surface area contributed by atoms with Crippen LogP contribution in [0.3, 0.4) is 0 Å². The van der Waals surface area contributed by atoms with E-state index in [1.807, 2.05) is 0 Å². The Kier molecular flexibility index (Phi) is 7.08. The number of anilines is 1. The molecule has 3 rings (SSSR count). The second kappa shape index (κ2) is 9.93. The maximum absolute atomic E-state index is 13.0. The fourth-order valence-corrected chi connectivity index (χ4v) is 3.13. The molecule has 0 saturated carbocycles. The smallest absolute Gasteiger partial charge is 0.285 e. The number of nitrogens with zero attached hydrogens (tertiary/aromatic N) is 1. The molecule has 154 valence electrons. The van der Waals surface area contributed by atoms with E-state index in [0.717, 1.165) is 22.2 Å². The van der Waals surface area contributed by atoms with E-state index >= 15 is 0 Å². The summed E-state index contributed by atoms with van der Waals surface area (Å²) in [6.07, 6.45) is 0. The Morgan fingerprint density at radius 3 is 2.37 bits per heavy atom. The highest BCUT2D eigenvalue weighted by atomic mass is 32.2. The Morgan fingerprint density at radius 1 is 1.00 bits per heavy atom. The molecule has 0 aliphatic carbocycles. The zero-order valence-corrected chi connectivity index (χ0v) is 17.4. The number of rotatable bonds is 6. The predicted molar refractivity (Wildman–Crippen MR) is 117 cm³/mol. The average Bonchev–Trinajstić information content (AvgIpc) is 2.75. The number of hydrogen-bond acceptors (Lipinski definition) is 4. The summed E-state index contributed by atoms with van der Waals surface area (Å²) >= 11 is 1.12. The van der Waals surface area contributed by atoms with Gasteiger partial charge in [-0.3, -0.25) is 9.59 Å². The average molecular weight is 424 g/mol. The van der Waals surface area contributed by atoms with Crippen molar-refractivity contribution in [1.29, 1.82) is 0 Å². The fraction of sp³-hybridized carbons (Fsp3) is 0.130. The molecule has 3 aromatic rings. The van der Waals surface area contributed by atoms with Crippen molar-refractivity contribution in [2.45, 2.75) is 11.5 Å². The van der Waals surface area contributed by atoms with Gasteiger partial charge < -0.3 is 15.0 Å². The number of halogens is 1. The Morgan fingerprint density at radius 2 is 1.70 bits per heavy atom. The molecule has 0 radical (unpaired) electrons. The maximum atomic E-state index is 13.0. The van der Waals surface area contributed by atoms with Crippen molar-refractivity contribution in [3.8, 4) is 5.75 Å². The second-order valence-corrected chi connectivity index (χ2v) is 7.71. The van der Waals surface area contributed by atoms with Crippen molar-refractivity contribution in [2.24, 2.45) is 0 Å². The maximum Gasteiger partial charge on any atom is 0.285 e. The Bertz CT molecular complexity index is 1020. The van der Waals surface area contributed by atoms with Crippen LogP contribution in [-0.4, -0.2) is 30.1 Å². The van der Waals surface area contributed by atoms with E-state index in [0.29, 0.717) is 17.0 Å². The molecule has 0 aliphatic rings. The Hall–Kier alpha value is -3.32. The van der Waals surface area contributed by atoms with Crippen LogP contribution in [0.2, 0.25) is 0 Å². The van der Waals surface area contributed by atoms with Gasteiger partial charge in [0.05, 0.1) is 0 Å². The molecule has 0 aromatic heterocycles. The van der Waals surface area contributed by atoms with Crippen molar-refractivity contribution < 1.29 is 18.7 Å². The van der Waals surface area contributed by atoms with Crippen LogP contribution in [-0.2, 0) is 6.61 Å². The molecule has 0 fully saturated rings. The molecular weight excluding hydrogens is 403 g/mol. The summed E-state index contributed by atoms with van der Waals surface area (Å²) < 4.78 is 18.7. The van der Waals surface area contributed by atoms with Gasteiger partial charge in [0, 0.05) is 30.2 Å². The van der Waals surface area contributed by atoms with Crippen LogP contribution in [0.5, 0.6) is 5.75 Å². The first kappa shape index (κ1) is 21.4. The van der Waals surface area contributed by atoms with Gasteiger partial charge in [-0.1, -0.05) is 18.2 Å². The summed E-state index contributed by atoms with van der Waals surface area (Å²) in [5.41, 5.74) is 1.91. The van der Waals surface area contributed by atoms with Gasteiger partial charge in [-0.15, -0.1) is 0 Å². The molecule has 3 aromatic carbocycles. The summed E-state index contributed by atoms with van der Waals surface area (Å²) in [5, 5.41) is 2.76. The summed E-state index contributed by atoms with van der Waals surface area (Å²) in [5.74, 6) is -0.0266. The molecule has 7 heteroatoms. The van der Waals surface area contributed by atoms with Crippen LogP contribution >= 0.6 is 11.8 Å². The highest BCUT2D eigenvalue weighted by Crippen LogP contribution is 2.23. The van der Waals surface area contributed by atoms with Crippen molar-refractivity contribution in [1.82, 2.24) is 4.90 Å². The van der Waals surface area contributed by atoms with Gasteiger partial charge in [-0.05, 0) is 71.9 Å². The van der Waals surface area contributed by atoms with E-state index in [-0.39, 0.29) is 23.6 Å². The minimum absolute atomic E-state index is 0.0655. The summed E-state index contributed by atoms with van der Waals surface area (Å²) in [6, 6.07) is 20.0. The van der Waals surface area contributed by atoms with Gasteiger partial charge in [0.15, 0.2) is 0 Å². The second-order valence-electron chi connectivity index (χ2n) is 6.68. The lowest BCUT2D eigenvalue weighted by atomic mass is 10.2. The van der Waals surface area contributed by atoms with Gasteiger partial charge in [-0.25, -0.2) is 4.39 Å². The largest absolute Gasteiger partial charge is 0.489 e. The lowest BCUT2D eigenvalue weighted by Gasteiger charge is -2.10. The fourth-order valence-electron chi connectivity index (χ4n) is 2.48. The van der Waals surface area contributed by atoms with Crippen LogP contribution in [0.25, 0.3) is 0 Å². The van der Waals surface area contributed by atoms with Gasteiger partial charge in [0.2, 0.25) is 0 Å². The lowest BCUT2D eigenvalue weighted by Crippen LogP contribution is -2.16. The lowest BCUT2D eigenvalue weighted by molar-refractivity contribution is 0.102. The molecule has 0 bridgehead atoms. The van der Waals surface area contributed by atoms with Gasteiger partial charge in [0.25, 0.3) is 11.1 Å². The number of hydrogen-bond donors (Lipinski definition) is 1. The standard InChI is InChI=1S/C23H21FN2O3S/c1-26(2)23(28)30-21-12-10-19(11-13-21)25-22(27)17-4-3-5-20(14-17)29-15-16-6-8-18(24)9-7-16/h3-14H,15H2,1-2H3,(H,25,27). The predicted octanol–water partition coefficient (Wildman–Crippen LogP) is 5.43. The van der Waals surface area contributed by atoms with E-state index in [4.69, 9.17) is 4.74 Å². The quantitative estimate of drug-likeness (QED) is 0.536. The normalized spacial score (nSPS) is 10.4. The molecule has 0 heterocycles. The zero-order valence-electron chi connectivity index (χ0n) is 16.6. The molecule has 0 spiro atoms. The van der Waals surface area contributed by atoms with Crippen LogP contribution in [0, 0.1) is 5.82 Å². The molecule has 0 saturated heterocycles. The molecule has 2 amide bonds. The van der Waals surface area contributed by atoms with Crippen LogP contribution < -0.4 is 10.1 Å². The topological polar surface area (TPSA) is 58.6 Å². The highest BCUT2D eigenvalue weighted by molar-refractivity contribution is 8.13. The van der Waals surface area contributed by atoms with Gasteiger partial charge >= 0.3 is 0 Å². The van der Waals surface area contributed by atoms with E-state index in [1.54, 1.807) is 74.8 Å².